The Bertz CT molecular complexity index is 758. The van der Waals surface area contributed by atoms with Gasteiger partial charge in [0.05, 0.1) is 4.70 Å². The lowest BCUT2D eigenvalue weighted by molar-refractivity contribution is 0.0140. The number of carbonyl (C=O) groups excluding carboxylic acids is 2. The molecular weight excluding hydrogens is 326 g/mol. The summed E-state index contributed by atoms with van der Waals surface area (Å²) < 4.78 is 10.7. The number of hydrogen-bond donors (Lipinski definition) is 0. The number of carbonyl (C=O) groups is 2. The standard InChI is InChI=1S/C17H21N3O3S/c1-17(2,3)23-16(22)20-10-8-19(9-11-20)15(21)14-12-6-4-5-7-13(12)24-18-14/h4-7H,8-11H2,1-3H3. The molecule has 2 heterocycles. The second kappa shape index (κ2) is 6.39. The number of fused-ring (bicyclic) bond motifs is 1. The van der Waals surface area contributed by atoms with E-state index in [1.807, 2.05) is 45.0 Å². The summed E-state index contributed by atoms with van der Waals surface area (Å²) in [4.78, 5) is 28.2. The molecule has 1 fully saturated rings. The van der Waals surface area contributed by atoms with E-state index in [4.69, 9.17) is 4.74 Å². The van der Waals surface area contributed by atoms with Gasteiger partial charge in [0, 0.05) is 31.6 Å². The quantitative estimate of drug-likeness (QED) is 0.795. The highest BCUT2D eigenvalue weighted by atomic mass is 32.1. The molecule has 1 aromatic heterocycles. The highest BCUT2D eigenvalue weighted by Gasteiger charge is 2.29. The van der Waals surface area contributed by atoms with Crippen LogP contribution in [0.4, 0.5) is 4.79 Å². The third-order valence-electron chi connectivity index (χ3n) is 3.80. The molecule has 0 radical (unpaired) electrons. The predicted molar refractivity (Wildman–Crippen MR) is 93.3 cm³/mol. The van der Waals surface area contributed by atoms with Gasteiger partial charge in [-0.2, -0.15) is 4.37 Å². The van der Waals surface area contributed by atoms with E-state index >= 15 is 0 Å². The van der Waals surface area contributed by atoms with Crippen LogP contribution in [-0.2, 0) is 4.74 Å². The van der Waals surface area contributed by atoms with Gasteiger partial charge in [0.15, 0.2) is 0 Å². The lowest BCUT2D eigenvalue weighted by atomic mass is 10.2. The van der Waals surface area contributed by atoms with Crippen LogP contribution in [0.15, 0.2) is 24.3 Å². The average molecular weight is 347 g/mol. The van der Waals surface area contributed by atoms with Gasteiger partial charge in [0.2, 0.25) is 0 Å². The predicted octanol–water partition coefficient (Wildman–Crippen LogP) is 2.99. The summed E-state index contributed by atoms with van der Waals surface area (Å²) in [6, 6.07) is 7.73. The Morgan fingerprint density at radius 3 is 2.38 bits per heavy atom. The Labute approximate surface area is 145 Å². The molecule has 0 aliphatic carbocycles. The fourth-order valence-corrected chi connectivity index (χ4v) is 3.38. The lowest BCUT2D eigenvalue weighted by Crippen LogP contribution is -2.51. The fraction of sp³-hybridized carbons (Fsp3) is 0.471. The van der Waals surface area contributed by atoms with Crippen LogP contribution in [0, 0.1) is 0 Å². The van der Waals surface area contributed by atoms with Gasteiger partial charge in [-0.05, 0) is 38.4 Å². The molecule has 2 aromatic rings. The molecule has 1 aromatic carbocycles. The van der Waals surface area contributed by atoms with Crippen molar-refractivity contribution in [3.05, 3.63) is 30.0 Å². The van der Waals surface area contributed by atoms with Crippen LogP contribution < -0.4 is 0 Å². The summed E-state index contributed by atoms with van der Waals surface area (Å²) in [5.74, 6) is -0.0729. The van der Waals surface area contributed by atoms with Crippen LogP contribution in [0.3, 0.4) is 0 Å². The smallest absolute Gasteiger partial charge is 0.410 e. The largest absolute Gasteiger partial charge is 0.444 e. The summed E-state index contributed by atoms with van der Waals surface area (Å²) in [7, 11) is 0. The first-order chi connectivity index (χ1) is 11.3. The van der Waals surface area contributed by atoms with E-state index in [-0.39, 0.29) is 12.0 Å². The first-order valence-electron chi connectivity index (χ1n) is 7.97. The third kappa shape index (κ3) is 3.51. The number of piperazine rings is 1. The number of rotatable bonds is 1. The zero-order chi connectivity index (χ0) is 17.3. The summed E-state index contributed by atoms with van der Waals surface area (Å²) in [5.41, 5.74) is -0.00915. The molecule has 0 unspecified atom stereocenters. The van der Waals surface area contributed by atoms with Gasteiger partial charge in [-0.25, -0.2) is 4.79 Å². The fourth-order valence-electron chi connectivity index (χ4n) is 2.61. The number of aromatic nitrogens is 1. The maximum absolute atomic E-state index is 12.7. The minimum absolute atomic E-state index is 0.0729. The minimum Gasteiger partial charge on any atom is -0.444 e. The van der Waals surface area contributed by atoms with Crippen LogP contribution >= 0.6 is 11.5 Å². The molecule has 7 heteroatoms. The lowest BCUT2D eigenvalue weighted by Gasteiger charge is -2.35. The highest BCUT2D eigenvalue weighted by Crippen LogP contribution is 2.24. The van der Waals surface area contributed by atoms with Gasteiger partial charge >= 0.3 is 6.09 Å². The normalized spacial score (nSPS) is 15.6. The maximum atomic E-state index is 12.7. The van der Waals surface area contributed by atoms with Crippen molar-refractivity contribution in [2.75, 3.05) is 26.2 Å². The summed E-state index contributed by atoms with van der Waals surface area (Å²) in [5, 5.41) is 0.891. The van der Waals surface area contributed by atoms with Crippen molar-refractivity contribution >= 4 is 33.6 Å². The van der Waals surface area contributed by atoms with Crippen molar-refractivity contribution < 1.29 is 14.3 Å². The molecule has 0 spiro atoms. The molecule has 1 aliphatic rings. The van der Waals surface area contributed by atoms with Crippen LogP contribution in [0.1, 0.15) is 31.3 Å². The number of hydrogen-bond acceptors (Lipinski definition) is 5. The third-order valence-corrected chi connectivity index (χ3v) is 4.63. The zero-order valence-corrected chi connectivity index (χ0v) is 14.9. The number of nitrogens with zero attached hydrogens (tertiary/aromatic N) is 3. The van der Waals surface area contributed by atoms with Crippen LogP contribution in [0.2, 0.25) is 0 Å². The van der Waals surface area contributed by atoms with E-state index in [0.717, 1.165) is 10.1 Å². The molecular formula is C17H21N3O3S. The van der Waals surface area contributed by atoms with E-state index in [1.165, 1.54) is 11.5 Å². The summed E-state index contributed by atoms with van der Waals surface area (Å²) >= 11 is 1.34. The van der Waals surface area contributed by atoms with Gasteiger partial charge in [0.25, 0.3) is 5.91 Å². The van der Waals surface area contributed by atoms with E-state index in [0.29, 0.717) is 31.9 Å². The van der Waals surface area contributed by atoms with Crippen LogP contribution in [0.25, 0.3) is 10.1 Å². The summed E-state index contributed by atoms with van der Waals surface area (Å²) in [6.45, 7) is 7.47. The summed E-state index contributed by atoms with van der Waals surface area (Å²) in [6.07, 6.45) is -0.325. The molecule has 128 valence electrons. The molecule has 2 amide bonds. The number of ether oxygens (including phenoxy) is 1. The van der Waals surface area contributed by atoms with Gasteiger partial charge < -0.3 is 14.5 Å². The molecule has 1 saturated heterocycles. The SMILES string of the molecule is CC(C)(C)OC(=O)N1CCN(C(=O)c2nsc3ccccc23)CC1. The monoisotopic (exact) mass is 347 g/mol. The van der Waals surface area contributed by atoms with Crippen molar-refractivity contribution in [2.24, 2.45) is 0 Å². The van der Waals surface area contributed by atoms with Crippen molar-refractivity contribution in [3.63, 3.8) is 0 Å². The number of amides is 2. The molecule has 0 atom stereocenters. The second-order valence-electron chi connectivity index (χ2n) is 6.79. The molecule has 0 bridgehead atoms. The molecule has 6 nitrogen and oxygen atoms in total. The van der Waals surface area contributed by atoms with E-state index in [2.05, 4.69) is 4.37 Å². The van der Waals surface area contributed by atoms with Gasteiger partial charge in [-0.1, -0.05) is 18.2 Å². The van der Waals surface area contributed by atoms with Gasteiger partial charge in [-0.3, -0.25) is 4.79 Å². The van der Waals surface area contributed by atoms with E-state index in [1.54, 1.807) is 9.80 Å². The van der Waals surface area contributed by atoms with Crippen molar-refractivity contribution in [3.8, 4) is 0 Å². The minimum atomic E-state index is -0.510. The molecule has 0 saturated carbocycles. The van der Waals surface area contributed by atoms with Gasteiger partial charge in [0.1, 0.15) is 11.3 Å². The Balaban J connectivity index is 1.64. The van der Waals surface area contributed by atoms with Crippen LogP contribution in [0.5, 0.6) is 0 Å². The van der Waals surface area contributed by atoms with Crippen molar-refractivity contribution in [1.82, 2.24) is 14.2 Å². The van der Waals surface area contributed by atoms with E-state index < -0.39 is 5.60 Å². The molecule has 24 heavy (non-hydrogen) atoms. The van der Waals surface area contributed by atoms with Crippen molar-refractivity contribution in [1.29, 1.82) is 0 Å². The molecule has 1 aliphatic heterocycles. The highest BCUT2D eigenvalue weighted by molar-refractivity contribution is 7.13. The first-order valence-corrected chi connectivity index (χ1v) is 8.74. The molecule has 3 rings (SSSR count). The number of benzene rings is 1. The van der Waals surface area contributed by atoms with Crippen LogP contribution in [-0.4, -0.2) is 58.0 Å². The van der Waals surface area contributed by atoms with E-state index in [9.17, 15) is 9.59 Å². The Kier molecular flexibility index (Phi) is 4.45. The van der Waals surface area contributed by atoms with Gasteiger partial charge in [-0.15, -0.1) is 0 Å². The first kappa shape index (κ1) is 16.7. The average Bonchev–Trinajstić information content (AvgIpc) is 2.97. The topological polar surface area (TPSA) is 62.7 Å². The zero-order valence-electron chi connectivity index (χ0n) is 14.1. The molecule has 0 N–H and O–H groups in total. The Hall–Kier alpha value is -2.15. The van der Waals surface area contributed by atoms with Crippen molar-refractivity contribution in [2.45, 2.75) is 26.4 Å². The maximum Gasteiger partial charge on any atom is 0.410 e. The Morgan fingerprint density at radius 1 is 1.08 bits per heavy atom. The Morgan fingerprint density at radius 2 is 1.71 bits per heavy atom. The second-order valence-corrected chi connectivity index (χ2v) is 7.59.